The van der Waals surface area contributed by atoms with Crippen molar-refractivity contribution < 1.29 is 18.7 Å². The largest absolute Gasteiger partial charge is 0.496 e. The van der Waals surface area contributed by atoms with Crippen molar-refractivity contribution in [3.63, 3.8) is 0 Å². The summed E-state index contributed by atoms with van der Waals surface area (Å²) in [7, 11) is 1.56. The molecule has 0 spiro atoms. The van der Waals surface area contributed by atoms with Gasteiger partial charge in [-0.15, -0.1) is 0 Å². The van der Waals surface area contributed by atoms with Crippen LogP contribution in [0.3, 0.4) is 0 Å². The third kappa shape index (κ3) is 2.76. The zero-order valence-electron chi connectivity index (χ0n) is 13.6. The quantitative estimate of drug-likeness (QED) is 0.543. The van der Waals surface area contributed by atoms with Crippen molar-refractivity contribution in [2.45, 2.75) is 13.8 Å². The predicted molar refractivity (Wildman–Crippen MR) is 90.5 cm³/mol. The Morgan fingerprint density at radius 3 is 2.58 bits per heavy atom. The van der Waals surface area contributed by atoms with Gasteiger partial charge in [-0.05, 0) is 25.1 Å². The molecular formula is C19H16O5. The molecule has 122 valence electrons. The molecule has 24 heavy (non-hydrogen) atoms. The summed E-state index contributed by atoms with van der Waals surface area (Å²) in [6.07, 6.45) is 0. The summed E-state index contributed by atoms with van der Waals surface area (Å²) in [6, 6.07) is 12.0. The van der Waals surface area contributed by atoms with Crippen molar-refractivity contribution >= 4 is 16.9 Å². The molecule has 0 atom stereocenters. The van der Waals surface area contributed by atoms with E-state index in [1.165, 1.54) is 13.0 Å². The molecule has 0 fully saturated rings. The van der Waals surface area contributed by atoms with Gasteiger partial charge in [0, 0.05) is 18.6 Å². The third-order valence-electron chi connectivity index (χ3n) is 3.68. The Morgan fingerprint density at radius 2 is 1.88 bits per heavy atom. The zero-order chi connectivity index (χ0) is 17.3. The number of carbonyl (C=O) groups excluding carboxylic acids is 1. The fourth-order valence-electron chi connectivity index (χ4n) is 2.68. The fourth-order valence-corrected chi connectivity index (χ4v) is 2.68. The first-order chi connectivity index (χ1) is 11.5. The van der Waals surface area contributed by atoms with Gasteiger partial charge in [-0.25, -0.2) is 0 Å². The van der Waals surface area contributed by atoms with Crippen molar-refractivity contribution in [2.24, 2.45) is 0 Å². The molecule has 1 heterocycles. The van der Waals surface area contributed by atoms with Crippen LogP contribution in [-0.4, -0.2) is 13.1 Å². The minimum Gasteiger partial charge on any atom is -0.496 e. The summed E-state index contributed by atoms with van der Waals surface area (Å²) in [6.45, 7) is 3.04. The van der Waals surface area contributed by atoms with Crippen LogP contribution in [0.2, 0.25) is 0 Å². The van der Waals surface area contributed by atoms with Gasteiger partial charge in [0.15, 0.2) is 0 Å². The van der Waals surface area contributed by atoms with Crippen LogP contribution in [-0.2, 0) is 4.79 Å². The highest BCUT2D eigenvalue weighted by Gasteiger charge is 2.17. The Hall–Kier alpha value is -3.08. The molecule has 0 saturated heterocycles. The highest BCUT2D eigenvalue weighted by Crippen LogP contribution is 2.32. The maximum Gasteiger partial charge on any atom is 0.308 e. The summed E-state index contributed by atoms with van der Waals surface area (Å²) in [5.41, 5.74) is 1.35. The first-order valence-electron chi connectivity index (χ1n) is 7.40. The van der Waals surface area contributed by atoms with Crippen LogP contribution in [0.4, 0.5) is 0 Å². The maximum atomic E-state index is 12.9. The number of esters is 1. The third-order valence-corrected chi connectivity index (χ3v) is 3.68. The molecule has 0 unspecified atom stereocenters. The van der Waals surface area contributed by atoms with Crippen LogP contribution >= 0.6 is 0 Å². The molecule has 0 bridgehead atoms. The van der Waals surface area contributed by atoms with Crippen molar-refractivity contribution in [3.8, 4) is 22.6 Å². The van der Waals surface area contributed by atoms with Crippen molar-refractivity contribution in [3.05, 3.63) is 58.4 Å². The lowest BCUT2D eigenvalue weighted by Gasteiger charge is -2.11. The van der Waals surface area contributed by atoms with Gasteiger partial charge < -0.3 is 13.9 Å². The Morgan fingerprint density at radius 1 is 1.12 bits per heavy atom. The second-order valence-corrected chi connectivity index (χ2v) is 5.31. The fraction of sp³-hybridized carbons (Fsp3) is 0.158. The molecule has 5 heteroatoms. The molecule has 0 aliphatic carbocycles. The van der Waals surface area contributed by atoms with Crippen LogP contribution in [0.25, 0.3) is 22.1 Å². The van der Waals surface area contributed by atoms with Gasteiger partial charge in [-0.1, -0.05) is 18.2 Å². The molecular weight excluding hydrogens is 308 g/mol. The second kappa shape index (κ2) is 6.20. The Balaban J connectivity index is 2.24. The molecule has 0 saturated carbocycles. The molecule has 5 nitrogen and oxygen atoms in total. The average Bonchev–Trinajstić information content (AvgIpc) is 2.54. The van der Waals surface area contributed by atoms with Crippen LogP contribution in [0.5, 0.6) is 11.5 Å². The van der Waals surface area contributed by atoms with Crippen molar-refractivity contribution in [2.75, 3.05) is 7.11 Å². The minimum absolute atomic E-state index is 0.160. The molecule has 0 N–H and O–H groups in total. The summed E-state index contributed by atoms with van der Waals surface area (Å²) >= 11 is 0. The van der Waals surface area contributed by atoms with E-state index >= 15 is 0 Å². The van der Waals surface area contributed by atoms with E-state index in [4.69, 9.17) is 13.9 Å². The van der Waals surface area contributed by atoms with Gasteiger partial charge in [-0.3, -0.25) is 9.59 Å². The van der Waals surface area contributed by atoms with Gasteiger partial charge in [0.25, 0.3) is 0 Å². The lowest BCUT2D eigenvalue weighted by molar-refractivity contribution is -0.131. The SMILES string of the molecule is COc1ccccc1-c1c(C)oc2cc(OC(C)=O)ccc2c1=O. The maximum absolute atomic E-state index is 12.9. The molecule has 3 aromatic rings. The Bertz CT molecular complexity index is 985. The summed E-state index contributed by atoms with van der Waals surface area (Å²) in [4.78, 5) is 24.0. The summed E-state index contributed by atoms with van der Waals surface area (Å²) in [5.74, 6) is 0.974. The Kier molecular flexibility index (Phi) is 4.08. The molecule has 0 aliphatic heterocycles. The topological polar surface area (TPSA) is 65.7 Å². The highest BCUT2D eigenvalue weighted by molar-refractivity contribution is 5.85. The number of rotatable bonds is 3. The number of aryl methyl sites for hydroxylation is 1. The van der Waals surface area contributed by atoms with E-state index < -0.39 is 5.97 Å². The van der Waals surface area contributed by atoms with Crippen molar-refractivity contribution in [1.29, 1.82) is 0 Å². The lowest BCUT2D eigenvalue weighted by atomic mass is 10.0. The predicted octanol–water partition coefficient (Wildman–Crippen LogP) is 3.70. The number of ether oxygens (including phenoxy) is 2. The van der Waals surface area contributed by atoms with E-state index in [1.807, 2.05) is 18.2 Å². The van der Waals surface area contributed by atoms with E-state index in [2.05, 4.69) is 0 Å². The normalized spacial score (nSPS) is 10.6. The van der Waals surface area contributed by atoms with Crippen molar-refractivity contribution in [1.82, 2.24) is 0 Å². The zero-order valence-corrected chi connectivity index (χ0v) is 13.6. The summed E-state index contributed by atoms with van der Waals surface area (Å²) in [5, 5.41) is 0.414. The first-order valence-corrected chi connectivity index (χ1v) is 7.40. The molecule has 0 amide bonds. The molecule has 3 rings (SSSR count). The van der Waals surface area contributed by atoms with Crippen LogP contribution in [0.15, 0.2) is 51.7 Å². The molecule has 0 radical (unpaired) electrons. The van der Waals surface area contributed by atoms with Gasteiger partial charge in [0.2, 0.25) is 5.43 Å². The monoisotopic (exact) mass is 324 g/mol. The van der Waals surface area contributed by atoms with Gasteiger partial charge in [0.05, 0.1) is 18.1 Å². The number of benzene rings is 2. The average molecular weight is 324 g/mol. The number of methoxy groups -OCH3 is 1. The van der Waals surface area contributed by atoms with Gasteiger partial charge >= 0.3 is 5.97 Å². The second-order valence-electron chi connectivity index (χ2n) is 5.31. The smallest absolute Gasteiger partial charge is 0.308 e. The van der Waals surface area contributed by atoms with Crippen LogP contribution in [0.1, 0.15) is 12.7 Å². The standard InChI is InChI=1S/C19H16O5/c1-11-18(14-6-4-5-7-16(14)22-3)19(21)15-9-8-13(24-12(2)20)10-17(15)23-11/h4-10H,1-3H3. The molecule has 2 aromatic carbocycles. The molecule has 0 aliphatic rings. The van der Waals surface area contributed by atoms with Gasteiger partial charge in [-0.2, -0.15) is 0 Å². The van der Waals surface area contributed by atoms with Crippen LogP contribution < -0.4 is 14.9 Å². The number of para-hydroxylation sites is 1. The number of carbonyl (C=O) groups is 1. The van der Waals surface area contributed by atoms with E-state index in [1.54, 1.807) is 32.2 Å². The van der Waals surface area contributed by atoms with Crippen LogP contribution in [0, 0.1) is 6.92 Å². The van der Waals surface area contributed by atoms with E-state index in [0.29, 0.717) is 39.4 Å². The minimum atomic E-state index is -0.431. The highest BCUT2D eigenvalue weighted by atomic mass is 16.5. The number of hydrogen-bond acceptors (Lipinski definition) is 5. The first kappa shape index (κ1) is 15.8. The number of hydrogen-bond donors (Lipinski definition) is 0. The van der Waals surface area contributed by atoms with E-state index in [0.717, 1.165) is 0 Å². The molecule has 1 aromatic heterocycles. The Labute approximate surface area is 138 Å². The lowest BCUT2D eigenvalue weighted by Crippen LogP contribution is -2.09. The number of fused-ring (bicyclic) bond motifs is 1. The van der Waals surface area contributed by atoms with Gasteiger partial charge in [0.1, 0.15) is 22.8 Å². The van der Waals surface area contributed by atoms with E-state index in [-0.39, 0.29) is 5.43 Å². The van der Waals surface area contributed by atoms with E-state index in [9.17, 15) is 9.59 Å². The summed E-state index contributed by atoms with van der Waals surface area (Å²) < 4.78 is 16.2.